The van der Waals surface area contributed by atoms with Gasteiger partial charge in [0.15, 0.2) is 0 Å². The summed E-state index contributed by atoms with van der Waals surface area (Å²) in [6, 6.07) is -1.14. The van der Waals surface area contributed by atoms with E-state index in [-0.39, 0.29) is 48.3 Å². The lowest BCUT2D eigenvalue weighted by Gasteiger charge is -2.24. The number of nitrogens with one attached hydrogen (secondary N) is 3. The molecule has 0 rings (SSSR count). The van der Waals surface area contributed by atoms with Crippen LogP contribution in [0, 0.1) is 30.1 Å². The first-order chi connectivity index (χ1) is 29.2. The van der Waals surface area contributed by atoms with Gasteiger partial charge in [0.2, 0.25) is 23.6 Å². The van der Waals surface area contributed by atoms with Gasteiger partial charge in [-0.1, -0.05) is 83.4 Å². The maximum atomic E-state index is 13.2. The molecule has 61 heavy (non-hydrogen) atoms. The Morgan fingerprint density at radius 2 is 1.36 bits per heavy atom. The first-order valence-corrected chi connectivity index (χ1v) is 24.0. The smallest absolute Gasteiger partial charge is 0.327 e. The number of terminal acetylenes is 1. The fraction of sp³-hybridized carbons (Fsp3) is 0.714. The fourth-order valence-electron chi connectivity index (χ4n) is 6.83. The number of hydrogen-bond donors (Lipinski definition) is 4. The maximum absolute atomic E-state index is 13.2. The molecule has 3 unspecified atom stereocenters. The third-order valence-corrected chi connectivity index (χ3v) is 11.9. The quantitative estimate of drug-likeness (QED) is 0.0207. The molecule has 0 bridgehead atoms. The van der Waals surface area contributed by atoms with Gasteiger partial charge in [-0.3, -0.25) is 19.2 Å². The van der Waals surface area contributed by atoms with Gasteiger partial charge in [0.25, 0.3) is 0 Å². The van der Waals surface area contributed by atoms with Gasteiger partial charge in [-0.25, -0.2) is 4.79 Å². The summed E-state index contributed by atoms with van der Waals surface area (Å²) in [7, 11) is 1.66. The molecule has 12 heteroatoms. The number of carbonyl (C=O) groups excluding carboxylic acids is 5. The molecule has 0 aromatic carbocycles. The molecule has 346 valence electrons. The predicted octanol–water partition coefficient (Wildman–Crippen LogP) is 8.97. The average Bonchev–Trinajstić information content (AvgIpc) is 3.21. The number of unbranched alkanes of at least 4 members (excludes halogenated alkanes) is 4. The van der Waals surface area contributed by atoms with Crippen LogP contribution in [-0.4, -0.2) is 89.1 Å². The van der Waals surface area contributed by atoms with E-state index in [1.165, 1.54) is 0 Å². The maximum Gasteiger partial charge on any atom is 0.327 e. The normalized spacial score (nSPS) is 14.5. The van der Waals surface area contributed by atoms with Crippen LogP contribution >= 0.6 is 11.8 Å². The number of aliphatic carboxylic acids is 1. The van der Waals surface area contributed by atoms with Crippen molar-refractivity contribution in [3.63, 3.8) is 0 Å². The summed E-state index contributed by atoms with van der Waals surface area (Å²) < 4.78 is 0. The number of allylic oxidation sites excluding steroid dienone is 6. The molecule has 0 spiro atoms. The third kappa shape index (κ3) is 33.5. The van der Waals surface area contributed by atoms with Crippen molar-refractivity contribution in [2.24, 2.45) is 17.8 Å². The number of hydrogen-bond acceptors (Lipinski definition) is 7. The van der Waals surface area contributed by atoms with Crippen LogP contribution in [0.1, 0.15) is 163 Å². The molecule has 0 aromatic rings. The van der Waals surface area contributed by atoms with E-state index >= 15 is 0 Å². The highest BCUT2D eigenvalue weighted by molar-refractivity contribution is 8.00. The topological polar surface area (TPSA) is 162 Å². The van der Waals surface area contributed by atoms with E-state index in [4.69, 9.17) is 6.42 Å². The third-order valence-electron chi connectivity index (χ3n) is 10.6. The predicted molar refractivity (Wildman–Crippen MR) is 252 cm³/mol. The fourth-order valence-corrected chi connectivity index (χ4v) is 8.02. The second kappa shape index (κ2) is 37.9. The molecule has 4 amide bonds. The molecular formula is C49H82N4O7S. The summed E-state index contributed by atoms with van der Waals surface area (Å²) in [5.74, 6) is 2.18. The Morgan fingerprint density at radius 3 is 2.03 bits per heavy atom. The van der Waals surface area contributed by atoms with Gasteiger partial charge in [-0.15, -0.1) is 24.1 Å². The Morgan fingerprint density at radius 1 is 0.721 bits per heavy atom. The molecule has 0 fully saturated rings. The SMILES string of the molecule is C#CCCCC(=O)NCCCC[C@@H](C)NC(=O)CCCCCN(C)C(=O)C(CC=O)SC[C@@H](NC(=O)CCC(C)C[C@H](C)CCC(C)C/C=C\C/C=C\C/C=C\CC)C(=O)O. The zero-order valence-electron chi connectivity index (χ0n) is 38.6. The van der Waals surface area contributed by atoms with Crippen LogP contribution in [0.2, 0.25) is 0 Å². The summed E-state index contributed by atoms with van der Waals surface area (Å²) in [5.41, 5.74) is 0. The van der Waals surface area contributed by atoms with Crippen LogP contribution in [0.5, 0.6) is 0 Å². The highest BCUT2D eigenvalue weighted by Gasteiger charge is 2.27. The molecule has 11 nitrogen and oxygen atoms in total. The lowest BCUT2D eigenvalue weighted by Crippen LogP contribution is -2.44. The monoisotopic (exact) mass is 871 g/mol. The van der Waals surface area contributed by atoms with Gasteiger partial charge in [0, 0.05) is 64.0 Å². The van der Waals surface area contributed by atoms with Crippen molar-refractivity contribution in [3.05, 3.63) is 36.5 Å². The van der Waals surface area contributed by atoms with Crippen molar-refractivity contribution in [2.45, 2.75) is 180 Å². The van der Waals surface area contributed by atoms with Crippen LogP contribution in [0.25, 0.3) is 0 Å². The van der Waals surface area contributed by atoms with E-state index in [1.54, 1.807) is 11.9 Å². The van der Waals surface area contributed by atoms with Gasteiger partial charge in [-0.2, -0.15) is 0 Å². The van der Waals surface area contributed by atoms with E-state index in [1.807, 2.05) is 6.92 Å². The zero-order valence-corrected chi connectivity index (χ0v) is 39.4. The number of nitrogens with zero attached hydrogens (tertiary/aromatic N) is 1. The number of carboxylic acids is 1. The van der Waals surface area contributed by atoms with Crippen molar-refractivity contribution < 1.29 is 33.9 Å². The number of rotatable bonds is 38. The molecule has 0 saturated heterocycles. The first kappa shape index (κ1) is 57.1. The van der Waals surface area contributed by atoms with E-state index < -0.39 is 17.3 Å². The summed E-state index contributed by atoms with van der Waals surface area (Å²) in [5, 5.41) is 17.6. The van der Waals surface area contributed by atoms with Gasteiger partial charge >= 0.3 is 5.97 Å². The van der Waals surface area contributed by atoms with Crippen LogP contribution in [0.3, 0.4) is 0 Å². The molecule has 0 radical (unpaired) electrons. The van der Waals surface area contributed by atoms with E-state index in [9.17, 15) is 33.9 Å². The second-order valence-corrected chi connectivity index (χ2v) is 18.1. The Kier molecular flexibility index (Phi) is 35.5. The molecule has 0 aliphatic heterocycles. The molecule has 0 heterocycles. The highest BCUT2D eigenvalue weighted by atomic mass is 32.2. The van der Waals surface area contributed by atoms with Crippen LogP contribution < -0.4 is 16.0 Å². The van der Waals surface area contributed by atoms with Crippen molar-refractivity contribution >= 4 is 47.6 Å². The average molecular weight is 871 g/mol. The van der Waals surface area contributed by atoms with Crippen molar-refractivity contribution in [1.29, 1.82) is 0 Å². The van der Waals surface area contributed by atoms with Crippen molar-refractivity contribution in [3.8, 4) is 12.3 Å². The Bertz CT molecular complexity index is 1380. The minimum Gasteiger partial charge on any atom is -0.480 e. The van der Waals surface area contributed by atoms with E-state index in [2.05, 4.69) is 86.0 Å². The molecule has 0 aromatic heterocycles. The van der Waals surface area contributed by atoms with Crippen LogP contribution in [0.15, 0.2) is 36.5 Å². The summed E-state index contributed by atoms with van der Waals surface area (Å²) in [6.07, 6.45) is 34.1. The minimum absolute atomic E-state index is 0.0141. The van der Waals surface area contributed by atoms with E-state index in [0.29, 0.717) is 82.1 Å². The second-order valence-electron chi connectivity index (χ2n) is 16.8. The Labute approximate surface area is 373 Å². The van der Waals surface area contributed by atoms with Gasteiger partial charge in [-0.05, 0) is 102 Å². The molecule has 4 N–H and O–H groups in total. The van der Waals surface area contributed by atoms with Gasteiger partial charge < -0.3 is 30.8 Å². The molecule has 0 aliphatic carbocycles. The van der Waals surface area contributed by atoms with Gasteiger partial charge in [0.1, 0.15) is 12.3 Å². The minimum atomic E-state index is -1.18. The highest BCUT2D eigenvalue weighted by Crippen LogP contribution is 2.24. The summed E-state index contributed by atoms with van der Waals surface area (Å²) >= 11 is 1.07. The summed E-state index contributed by atoms with van der Waals surface area (Å²) in [6.45, 7) is 11.8. The van der Waals surface area contributed by atoms with Crippen molar-refractivity contribution in [1.82, 2.24) is 20.9 Å². The molecular weight excluding hydrogens is 789 g/mol. The van der Waals surface area contributed by atoms with Crippen LogP contribution in [-0.2, 0) is 28.8 Å². The Balaban J connectivity index is 4.46. The molecule has 6 atom stereocenters. The number of carbonyl (C=O) groups is 6. The van der Waals surface area contributed by atoms with Crippen LogP contribution in [0.4, 0.5) is 0 Å². The van der Waals surface area contributed by atoms with Gasteiger partial charge in [0.05, 0.1) is 5.25 Å². The van der Waals surface area contributed by atoms with Crippen molar-refractivity contribution in [2.75, 3.05) is 25.9 Å². The Hall–Kier alpha value is -3.85. The largest absolute Gasteiger partial charge is 0.480 e. The summed E-state index contributed by atoms with van der Waals surface area (Å²) in [4.78, 5) is 75.3. The molecule has 0 saturated carbocycles. The lowest BCUT2D eigenvalue weighted by atomic mass is 9.88. The molecule has 0 aliphatic rings. The zero-order chi connectivity index (χ0) is 45.7. The first-order valence-electron chi connectivity index (χ1n) is 23.0. The lowest BCUT2D eigenvalue weighted by molar-refractivity contribution is -0.141. The number of aldehydes is 1. The van der Waals surface area contributed by atoms with E-state index in [0.717, 1.165) is 82.4 Å². The number of amides is 4. The number of thioether (sulfide) groups is 1. The number of carboxylic acid groups (broad SMARTS) is 1. The standard InChI is InChI=1S/C49H82N4O7S/c1-8-10-12-13-14-15-16-17-20-25-39(3)29-30-40(4)37-41(5)31-32-47(57)52-43(49(59)60)38-61-44(33-36-54)48(58)53(7)35-24-18-21-28-46(56)51-42(6)26-22-23-34-50-45(55)27-19-11-9-2/h2,10,12,14-15,17,20,36,39-44H,8,11,13,16,18-19,21-35,37-38H2,1,3-7H3,(H,50,55)(H,51,56)(H,52,57)(H,59,60)/b12-10-,15-14-,20-17-/t39?,40-,41?,42-,43-,44?/m1/s1.